The first-order valence-electron chi connectivity index (χ1n) is 9.22. The molecule has 3 aromatic rings. The lowest BCUT2D eigenvalue weighted by Gasteiger charge is -2.08. The van der Waals surface area contributed by atoms with Crippen molar-refractivity contribution in [2.75, 3.05) is 13.7 Å². The average Bonchev–Trinajstić information content (AvgIpc) is 2.81. The van der Waals surface area contributed by atoms with E-state index in [4.69, 9.17) is 9.47 Å². The Morgan fingerprint density at radius 3 is 1.97 bits per heavy atom. The van der Waals surface area contributed by atoms with Gasteiger partial charge < -0.3 is 14.2 Å². The summed E-state index contributed by atoms with van der Waals surface area (Å²) in [6.45, 7) is -0.194. The minimum absolute atomic E-state index is 0.0637. The van der Waals surface area contributed by atoms with Gasteiger partial charge in [0.15, 0.2) is 12.4 Å². The molecular formula is C24H20O6. The molecule has 152 valence electrons. The van der Waals surface area contributed by atoms with Gasteiger partial charge in [0.25, 0.3) is 0 Å². The number of carbonyl (C=O) groups excluding carboxylic acids is 3. The summed E-state index contributed by atoms with van der Waals surface area (Å²) in [5.41, 5.74) is 2.30. The van der Waals surface area contributed by atoms with E-state index in [2.05, 4.69) is 4.74 Å². The fourth-order valence-electron chi connectivity index (χ4n) is 2.66. The van der Waals surface area contributed by atoms with Gasteiger partial charge in [0.2, 0.25) is 0 Å². The van der Waals surface area contributed by atoms with Crippen molar-refractivity contribution < 1.29 is 28.6 Å². The molecule has 3 rings (SSSR count). The second kappa shape index (κ2) is 10.0. The normalized spacial score (nSPS) is 10.2. The molecule has 0 bridgehead atoms. The molecule has 0 fully saturated rings. The van der Waals surface area contributed by atoms with Gasteiger partial charge >= 0.3 is 11.9 Å². The van der Waals surface area contributed by atoms with Crippen molar-refractivity contribution in [3.8, 4) is 5.75 Å². The molecule has 3 aromatic carbocycles. The smallest absolute Gasteiger partial charge is 0.344 e. The highest BCUT2D eigenvalue weighted by Crippen LogP contribution is 2.16. The van der Waals surface area contributed by atoms with Crippen LogP contribution in [-0.4, -0.2) is 31.4 Å². The van der Waals surface area contributed by atoms with Crippen molar-refractivity contribution in [1.29, 1.82) is 0 Å². The molecule has 0 N–H and O–H groups in total. The SMILES string of the molecule is COC(=O)c1ccc(COC(=O)COc2ccc(C(=O)c3ccccc3)cc2)cc1. The largest absolute Gasteiger partial charge is 0.482 e. The van der Waals surface area contributed by atoms with E-state index in [0.29, 0.717) is 22.4 Å². The van der Waals surface area contributed by atoms with E-state index in [9.17, 15) is 14.4 Å². The third-order valence-electron chi connectivity index (χ3n) is 4.28. The maximum atomic E-state index is 12.4. The lowest BCUT2D eigenvalue weighted by molar-refractivity contribution is -0.147. The van der Waals surface area contributed by atoms with Crippen LogP contribution in [0.5, 0.6) is 5.75 Å². The van der Waals surface area contributed by atoms with Crippen molar-refractivity contribution in [3.63, 3.8) is 0 Å². The maximum absolute atomic E-state index is 12.4. The number of carbonyl (C=O) groups is 3. The topological polar surface area (TPSA) is 78.9 Å². The van der Waals surface area contributed by atoms with E-state index in [0.717, 1.165) is 5.56 Å². The quantitative estimate of drug-likeness (QED) is 0.419. The summed E-state index contributed by atoms with van der Waals surface area (Å²) in [4.78, 5) is 35.7. The Morgan fingerprint density at radius 2 is 1.33 bits per heavy atom. The average molecular weight is 404 g/mol. The third-order valence-corrected chi connectivity index (χ3v) is 4.28. The Labute approximate surface area is 174 Å². The number of methoxy groups -OCH3 is 1. The van der Waals surface area contributed by atoms with Crippen molar-refractivity contribution in [1.82, 2.24) is 0 Å². The minimum atomic E-state index is -0.531. The molecular weight excluding hydrogens is 384 g/mol. The molecule has 0 unspecified atom stereocenters. The first-order chi connectivity index (χ1) is 14.6. The summed E-state index contributed by atoms with van der Waals surface area (Å²) in [6, 6.07) is 22.1. The van der Waals surface area contributed by atoms with Crippen LogP contribution >= 0.6 is 0 Å². The number of rotatable bonds is 8. The lowest BCUT2D eigenvalue weighted by Crippen LogP contribution is -2.15. The molecule has 0 saturated carbocycles. The molecule has 30 heavy (non-hydrogen) atoms. The summed E-state index contributed by atoms with van der Waals surface area (Å²) < 4.78 is 15.2. The van der Waals surface area contributed by atoms with E-state index < -0.39 is 11.9 Å². The van der Waals surface area contributed by atoms with Gasteiger partial charge in [-0.3, -0.25) is 4.79 Å². The molecule has 0 amide bonds. The monoisotopic (exact) mass is 404 g/mol. The molecule has 0 atom stereocenters. The Morgan fingerprint density at radius 1 is 0.733 bits per heavy atom. The summed E-state index contributed by atoms with van der Waals surface area (Å²) in [7, 11) is 1.31. The summed E-state index contributed by atoms with van der Waals surface area (Å²) in [5, 5.41) is 0. The molecule has 0 aliphatic heterocycles. The van der Waals surface area contributed by atoms with Crippen LogP contribution in [0, 0.1) is 0 Å². The molecule has 0 spiro atoms. The van der Waals surface area contributed by atoms with Crippen molar-refractivity contribution in [2.24, 2.45) is 0 Å². The third kappa shape index (κ3) is 5.54. The van der Waals surface area contributed by atoms with E-state index in [1.165, 1.54) is 7.11 Å². The van der Waals surface area contributed by atoms with Gasteiger partial charge in [0, 0.05) is 11.1 Å². The van der Waals surface area contributed by atoms with Crippen molar-refractivity contribution in [2.45, 2.75) is 6.61 Å². The molecule has 0 aromatic heterocycles. The van der Waals surface area contributed by atoms with Crippen LogP contribution < -0.4 is 4.74 Å². The zero-order valence-electron chi connectivity index (χ0n) is 16.4. The van der Waals surface area contributed by atoms with Crippen molar-refractivity contribution in [3.05, 3.63) is 101 Å². The number of esters is 2. The van der Waals surface area contributed by atoms with Crippen LogP contribution in [0.1, 0.15) is 31.8 Å². The second-order valence-electron chi connectivity index (χ2n) is 6.36. The standard InChI is InChI=1S/C24H20O6/c1-28-24(27)20-9-7-17(8-10-20)15-30-22(25)16-29-21-13-11-19(12-14-21)23(26)18-5-3-2-4-6-18/h2-14H,15-16H2,1H3. The highest BCUT2D eigenvalue weighted by atomic mass is 16.6. The fourth-order valence-corrected chi connectivity index (χ4v) is 2.66. The highest BCUT2D eigenvalue weighted by molar-refractivity contribution is 6.09. The molecule has 6 nitrogen and oxygen atoms in total. The molecule has 0 aliphatic carbocycles. The van der Waals surface area contributed by atoms with Gasteiger partial charge in [-0.05, 0) is 42.0 Å². The van der Waals surface area contributed by atoms with Crippen LogP contribution in [0.25, 0.3) is 0 Å². The first kappa shape index (κ1) is 20.8. The maximum Gasteiger partial charge on any atom is 0.344 e. The predicted molar refractivity (Wildman–Crippen MR) is 109 cm³/mol. The first-order valence-corrected chi connectivity index (χ1v) is 9.22. The predicted octanol–water partition coefficient (Wildman–Crippen LogP) is 3.83. The fraction of sp³-hybridized carbons (Fsp3) is 0.125. The lowest BCUT2D eigenvalue weighted by atomic mass is 10.0. The second-order valence-corrected chi connectivity index (χ2v) is 6.36. The van der Waals surface area contributed by atoms with Gasteiger partial charge in [-0.25, -0.2) is 9.59 Å². The van der Waals surface area contributed by atoms with Crippen LogP contribution in [0.3, 0.4) is 0 Å². The minimum Gasteiger partial charge on any atom is -0.482 e. The molecule has 6 heteroatoms. The number of ether oxygens (including phenoxy) is 3. The molecule has 0 heterocycles. The van der Waals surface area contributed by atoms with Crippen LogP contribution in [0.4, 0.5) is 0 Å². The number of hydrogen-bond acceptors (Lipinski definition) is 6. The van der Waals surface area contributed by atoms with Gasteiger partial charge in [-0.2, -0.15) is 0 Å². The zero-order chi connectivity index (χ0) is 21.3. The van der Waals surface area contributed by atoms with E-state index in [1.807, 2.05) is 18.2 Å². The Kier molecular flexibility index (Phi) is 6.95. The molecule has 0 saturated heterocycles. The van der Waals surface area contributed by atoms with Crippen LogP contribution in [0.2, 0.25) is 0 Å². The van der Waals surface area contributed by atoms with Gasteiger partial charge in [-0.1, -0.05) is 42.5 Å². The van der Waals surface area contributed by atoms with E-state index in [1.54, 1.807) is 60.7 Å². The van der Waals surface area contributed by atoms with Crippen LogP contribution in [-0.2, 0) is 20.9 Å². The number of benzene rings is 3. The van der Waals surface area contributed by atoms with Crippen molar-refractivity contribution >= 4 is 17.7 Å². The molecule has 0 aliphatic rings. The van der Waals surface area contributed by atoms with Gasteiger partial charge in [0.1, 0.15) is 12.4 Å². The van der Waals surface area contributed by atoms with Crippen LogP contribution in [0.15, 0.2) is 78.9 Å². The summed E-state index contributed by atoms with van der Waals surface area (Å²) in [6.07, 6.45) is 0. The Balaban J connectivity index is 1.46. The van der Waals surface area contributed by atoms with E-state index in [-0.39, 0.29) is 19.0 Å². The Hall–Kier alpha value is -3.93. The van der Waals surface area contributed by atoms with Gasteiger partial charge in [0.05, 0.1) is 12.7 Å². The van der Waals surface area contributed by atoms with Gasteiger partial charge in [-0.15, -0.1) is 0 Å². The van der Waals surface area contributed by atoms with E-state index >= 15 is 0 Å². The number of ketones is 1. The Bertz CT molecular complexity index is 1010. The summed E-state index contributed by atoms with van der Waals surface area (Å²) >= 11 is 0. The molecule has 0 radical (unpaired) electrons. The number of hydrogen-bond donors (Lipinski definition) is 0. The zero-order valence-corrected chi connectivity index (χ0v) is 16.4. The summed E-state index contributed by atoms with van der Waals surface area (Å²) in [5.74, 6) is -0.585. The highest BCUT2D eigenvalue weighted by Gasteiger charge is 2.10.